The zero-order valence-electron chi connectivity index (χ0n) is 15.1. The van der Waals surface area contributed by atoms with Crippen LogP contribution in [0.3, 0.4) is 0 Å². The number of ether oxygens (including phenoxy) is 1. The number of benzene rings is 1. The van der Waals surface area contributed by atoms with E-state index in [1.165, 1.54) is 24.1 Å². The molecule has 2 amide bonds. The molecule has 1 aliphatic rings. The molecule has 1 aromatic carbocycles. The maximum atomic E-state index is 14.7. The molecule has 0 spiro atoms. The molecule has 1 aromatic rings. The highest BCUT2D eigenvalue weighted by atomic mass is 35.5. The predicted octanol–water partition coefficient (Wildman–Crippen LogP) is 3.19. The summed E-state index contributed by atoms with van der Waals surface area (Å²) in [7, 11) is 1.25. The van der Waals surface area contributed by atoms with Crippen molar-refractivity contribution in [2.45, 2.75) is 31.3 Å². The van der Waals surface area contributed by atoms with E-state index in [-0.39, 0.29) is 30.1 Å². The number of piperidine rings is 1. The van der Waals surface area contributed by atoms with Gasteiger partial charge in [0.25, 0.3) is 0 Å². The van der Waals surface area contributed by atoms with Gasteiger partial charge < -0.3 is 25.2 Å². The molecule has 0 aromatic heterocycles. The topological polar surface area (TPSA) is 99.1 Å². The van der Waals surface area contributed by atoms with Gasteiger partial charge >= 0.3 is 12.2 Å². The molecule has 1 aliphatic heterocycles. The van der Waals surface area contributed by atoms with Crippen LogP contribution in [0.15, 0.2) is 18.2 Å². The fraction of sp³-hybridized carbons (Fsp3) is 0.556. The van der Waals surface area contributed by atoms with Crippen LogP contribution in [-0.4, -0.2) is 54.0 Å². The van der Waals surface area contributed by atoms with Crippen molar-refractivity contribution >= 4 is 23.8 Å². The Kier molecular flexibility index (Phi) is 7.26. The Morgan fingerprint density at radius 1 is 1.48 bits per heavy atom. The molecule has 9 heteroatoms. The first kappa shape index (κ1) is 21.2. The minimum atomic E-state index is -1.61. The van der Waals surface area contributed by atoms with Crippen LogP contribution in [0.5, 0.6) is 0 Å². The number of likely N-dealkylation sites (tertiary alicyclic amines) is 1. The Hall–Kier alpha value is -2.06. The number of alkyl carbamates (subject to hydrolysis) is 1. The lowest BCUT2D eigenvalue weighted by Crippen LogP contribution is -2.48. The lowest BCUT2D eigenvalue weighted by Gasteiger charge is -2.42. The van der Waals surface area contributed by atoms with E-state index >= 15 is 0 Å². The fourth-order valence-corrected chi connectivity index (χ4v) is 3.73. The molecule has 3 N–H and O–H groups in total. The van der Waals surface area contributed by atoms with Gasteiger partial charge in [0, 0.05) is 31.1 Å². The lowest BCUT2D eigenvalue weighted by molar-refractivity contribution is -0.0597. The summed E-state index contributed by atoms with van der Waals surface area (Å²) in [5, 5.41) is 23.2. The summed E-state index contributed by atoms with van der Waals surface area (Å²) in [5.41, 5.74) is -1.56. The van der Waals surface area contributed by atoms with E-state index in [0.29, 0.717) is 25.8 Å². The van der Waals surface area contributed by atoms with Gasteiger partial charge in [-0.15, -0.1) is 0 Å². The predicted molar refractivity (Wildman–Crippen MR) is 97.3 cm³/mol. The van der Waals surface area contributed by atoms with Gasteiger partial charge in [-0.1, -0.05) is 23.7 Å². The fourth-order valence-electron chi connectivity index (χ4n) is 3.56. The second-order valence-electron chi connectivity index (χ2n) is 6.62. The van der Waals surface area contributed by atoms with Crippen molar-refractivity contribution in [3.63, 3.8) is 0 Å². The van der Waals surface area contributed by atoms with Crippen molar-refractivity contribution < 1.29 is 28.9 Å². The van der Waals surface area contributed by atoms with Gasteiger partial charge in [0.2, 0.25) is 0 Å². The second-order valence-corrected chi connectivity index (χ2v) is 7.02. The number of aliphatic hydroxyl groups is 1. The smallest absolute Gasteiger partial charge is 0.407 e. The van der Waals surface area contributed by atoms with Crippen molar-refractivity contribution in [2.75, 3.05) is 26.7 Å². The summed E-state index contributed by atoms with van der Waals surface area (Å²) in [6.45, 7) is 0.707. The standard InChI is InChI=1S/C18H24ClFN2O5/c1-27-16(23)21-9-4-8-18(26,13-6-2-7-14(19)15(13)20)12-5-3-10-22(11-12)17(24)25/h2,6-7,12,26H,3-5,8-11H2,1H3,(H,21,23)(H,24,25)/t12?,18-/m0/s1. The maximum Gasteiger partial charge on any atom is 0.407 e. The van der Waals surface area contributed by atoms with Gasteiger partial charge in [-0.2, -0.15) is 0 Å². The number of hydrogen-bond acceptors (Lipinski definition) is 4. The summed E-state index contributed by atoms with van der Waals surface area (Å²) in [6, 6.07) is 4.41. The number of methoxy groups -OCH3 is 1. The zero-order valence-corrected chi connectivity index (χ0v) is 15.8. The number of carbonyl (C=O) groups is 2. The highest BCUT2D eigenvalue weighted by molar-refractivity contribution is 6.30. The summed E-state index contributed by atoms with van der Waals surface area (Å²) in [4.78, 5) is 23.8. The second kappa shape index (κ2) is 9.23. The zero-order chi connectivity index (χ0) is 20.0. The molecule has 0 radical (unpaired) electrons. The number of hydrogen-bond donors (Lipinski definition) is 3. The Morgan fingerprint density at radius 3 is 2.89 bits per heavy atom. The molecule has 1 unspecified atom stereocenters. The molecule has 1 fully saturated rings. The van der Waals surface area contributed by atoms with Crippen molar-refractivity contribution in [3.05, 3.63) is 34.6 Å². The highest BCUT2D eigenvalue weighted by Gasteiger charge is 2.43. The van der Waals surface area contributed by atoms with Crippen molar-refractivity contribution in [2.24, 2.45) is 5.92 Å². The SMILES string of the molecule is COC(=O)NCCC[C@@](O)(c1cccc(Cl)c1F)C1CCCN(C(=O)O)C1. The molecular formula is C18H24ClFN2O5. The number of carbonyl (C=O) groups excluding carboxylic acids is 1. The third-order valence-corrected chi connectivity index (χ3v) is 5.27. The number of carboxylic acid groups (broad SMARTS) is 1. The first-order valence-electron chi connectivity index (χ1n) is 8.76. The Labute approximate surface area is 162 Å². The Bertz CT molecular complexity index is 690. The molecule has 150 valence electrons. The molecule has 1 saturated heterocycles. The quantitative estimate of drug-likeness (QED) is 0.634. The van der Waals surface area contributed by atoms with Crippen LogP contribution in [0, 0.1) is 11.7 Å². The maximum absolute atomic E-state index is 14.7. The van der Waals surface area contributed by atoms with E-state index < -0.39 is 29.5 Å². The van der Waals surface area contributed by atoms with Crippen LogP contribution in [0.1, 0.15) is 31.2 Å². The van der Waals surface area contributed by atoms with Gasteiger partial charge in [0.15, 0.2) is 0 Å². The minimum absolute atomic E-state index is 0.0466. The van der Waals surface area contributed by atoms with Gasteiger partial charge in [0.1, 0.15) is 5.82 Å². The van der Waals surface area contributed by atoms with Crippen molar-refractivity contribution in [3.8, 4) is 0 Å². The van der Waals surface area contributed by atoms with Gasteiger partial charge in [0.05, 0.1) is 17.7 Å². The number of amides is 2. The summed E-state index contributed by atoms with van der Waals surface area (Å²) < 4.78 is 19.2. The van der Waals surface area contributed by atoms with Crippen LogP contribution in [0.4, 0.5) is 14.0 Å². The van der Waals surface area contributed by atoms with Gasteiger partial charge in [-0.25, -0.2) is 14.0 Å². The van der Waals surface area contributed by atoms with Crippen molar-refractivity contribution in [1.82, 2.24) is 10.2 Å². The molecule has 0 bridgehead atoms. The summed E-state index contributed by atoms with van der Waals surface area (Å²) in [6.07, 6.45) is -0.0605. The first-order valence-corrected chi connectivity index (χ1v) is 9.14. The number of rotatable bonds is 6. The Morgan fingerprint density at radius 2 is 2.22 bits per heavy atom. The van der Waals surface area contributed by atoms with Crippen LogP contribution >= 0.6 is 11.6 Å². The molecule has 2 atom stereocenters. The van der Waals surface area contributed by atoms with Crippen molar-refractivity contribution in [1.29, 1.82) is 0 Å². The van der Waals surface area contributed by atoms with Crippen LogP contribution < -0.4 is 5.32 Å². The summed E-state index contributed by atoms with van der Waals surface area (Å²) >= 11 is 5.90. The lowest BCUT2D eigenvalue weighted by atomic mass is 9.74. The van der Waals surface area contributed by atoms with E-state index in [1.54, 1.807) is 6.07 Å². The third kappa shape index (κ3) is 5.01. The normalized spacial score (nSPS) is 19.3. The average molecular weight is 403 g/mol. The van der Waals surface area contributed by atoms with Crippen LogP contribution in [-0.2, 0) is 10.3 Å². The van der Waals surface area contributed by atoms with Crippen LogP contribution in [0.25, 0.3) is 0 Å². The molecule has 7 nitrogen and oxygen atoms in total. The van der Waals surface area contributed by atoms with Gasteiger partial charge in [-0.3, -0.25) is 0 Å². The van der Waals surface area contributed by atoms with E-state index in [0.717, 1.165) is 0 Å². The van der Waals surface area contributed by atoms with E-state index in [2.05, 4.69) is 10.1 Å². The number of nitrogens with one attached hydrogen (secondary N) is 1. The largest absolute Gasteiger partial charge is 0.465 e. The summed E-state index contributed by atoms with van der Waals surface area (Å²) in [5.74, 6) is -1.21. The first-order chi connectivity index (χ1) is 12.8. The molecule has 0 aliphatic carbocycles. The van der Waals surface area contributed by atoms with Gasteiger partial charge in [-0.05, 0) is 31.7 Å². The number of nitrogens with zero attached hydrogens (tertiary/aromatic N) is 1. The molecular weight excluding hydrogens is 379 g/mol. The highest BCUT2D eigenvalue weighted by Crippen LogP contribution is 2.41. The molecule has 27 heavy (non-hydrogen) atoms. The number of halogens is 2. The molecule has 0 saturated carbocycles. The molecule has 2 rings (SSSR count). The molecule has 1 heterocycles. The van der Waals surface area contributed by atoms with E-state index in [1.807, 2.05) is 0 Å². The van der Waals surface area contributed by atoms with E-state index in [4.69, 9.17) is 11.6 Å². The van der Waals surface area contributed by atoms with Crippen LogP contribution in [0.2, 0.25) is 5.02 Å². The van der Waals surface area contributed by atoms with E-state index in [9.17, 15) is 24.2 Å². The Balaban J connectivity index is 2.26. The minimum Gasteiger partial charge on any atom is -0.465 e. The monoisotopic (exact) mass is 402 g/mol. The average Bonchev–Trinajstić information content (AvgIpc) is 2.67. The third-order valence-electron chi connectivity index (χ3n) is 4.97.